The standard InChI is InChI=1S/C29H29ClF3N5O3/c1-3-38(4-2)28(41)20-11-19(14-34-15-20)17-5-7-18(8-6-17)26(39)37-22-13-25(35-16-22)27(40)36-21-9-10-24(30)23(12-21)29(31,32)33/h5-12,14-15,22,25,35H,3-4,13,16H2,1-2H3,(H,36,40)(H,37,39)/t22-,25-/m1/s1. The van der Waals surface area contributed by atoms with E-state index < -0.39 is 28.7 Å². The average molecular weight is 588 g/mol. The van der Waals surface area contributed by atoms with Crippen LogP contribution in [-0.2, 0) is 11.0 Å². The number of amides is 3. The first-order chi connectivity index (χ1) is 19.5. The highest BCUT2D eigenvalue weighted by atomic mass is 35.5. The third-order valence-corrected chi connectivity index (χ3v) is 7.17. The van der Waals surface area contributed by atoms with Crippen LogP contribution in [0.3, 0.4) is 0 Å². The molecule has 0 radical (unpaired) electrons. The topological polar surface area (TPSA) is 103 Å². The highest BCUT2D eigenvalue weighted by molar-refractivity contribution is 6.31. The lowest BCUT2D eigenvalue weighted by Gasteiger charge is -2.18. The van der Waals surface area contributed by atoms with Gasteiger partial charge in [-0.15, -0.1) is 0 Å². The molecule has 3 aromatic rings. The second-order valence-corrected chi connectivity index (χ2v) is 9.97. The number of benzene rings is 2. The van der Waals surface area contributed by atoms with Gasteiger partial charge in [-0.3, -0.25) is 19.4 Å². The Morgan fingerprint density at radius 3 is 2.37 bits per heavy atom. The van der Waals surface area contributed by atoms with Crippen LogP contribution in [0.25, 0.3) is 11.1 Å². The van der Waals surface area contributed by atoms with E-state index >= 15 is 0 Å². The van der Waals surface area contributed by atoms with Crippen molar-refractivity contribution in [3.8, 4) is 11.1 Å². The molecule has 12 heteroatoms. The first-order valence-electron chi connectivity index (χ1n) is 13.1. The summed E-state index contributed by atoms with van der Waals surface area (Å²) in [5.74, 6) is -0.950. The van der Waals surface area contributed by atoms with Crippen molar-refractivity contribution in [1.29, 1.82) is 0 Å². The van der Waals surface area contributed by atoms with E-state index in [4.69, 9.17) is 11.6 Å². The quantitative estimate of drug-likeness (QED) is 0.344. The van der Waals surface area contributed by atoms with Crippen molar-refractivity contribution in [3.05, 3.63) is 82.6 Å². The van der Waals surface area contributed by atoms with Gasteiger partial charge in [0.05, 0.1) is 22.2 Å². The molecule has 2 heterocycles. The minimum atomic E-state index is -4.65. The van der Waals surface area contributed by atoms with E-state index in [2.05, 4.69) is 20.9 Å². The summed E-state index contributed by atoms with van der Waals surface area (Å²) in [6.07, 6.45) is -1.21. The van der Waals surface area contributed by atoms with Crippen molar-refractivity contribution in [2.24, 2.45) is 0 Å². The van der Waals surface area contributed by atoms with Gasteiger partial charge in [0.25, 0.3) is 11.8 Å². The van der Waals surface area contributed by atoms with Crippen molar-refractivity contribution in [3.63, 3.8) is 0 Å². The van der Waals surface area contributed by atoms with Crippen molar-refractivity contribution in [2.45, 2.75) is 38.5 Å². The summed E-state index contributed by atoms with van der Waals surface area (Å²) in [6, 6.07) is 10.7. The van der Waals surface area contributed by atoms with Crippen molar-refractivity contribution >= 4 is 35.0 Å². The molecule has 3 N–H and O–H groups in total. The average Bonchev–Trinajstić information content (AvgIpc) is 3.43. The van der Waals surface area contributed by atoms with Crippen LogP contribution in [0.15, 0.2) is 60.9 Å². The number of alkyl halides is 3. The van der Waals surface area contributed by atoms with Crippen LogP contribution in [0.4, 0.5) is 18.9 Å². The number of halogens is 4. The molecule has 41 heavy (non-hydrogen) atoms. The molecular formula is C29H29ClF3N5O3. The Bertz CT molecular complexity index is 1430. The maximum absolute atomic E-state index is 13.1. The number of pyridine rings is 1. The third-order valence-electron chi connectivity index (χ3n) is 6.84. The number of nitrogens with one attached hydrogen (secondary N) is 3. The Hall–Kier alpha value is -3.96. The van der Waals surface area contributed by atoms with E-state index in [-0.39, 0.29) is 30.0 Å². The molecule has 8 nitrogen and oxygen atoms in total. The summed E-state index contributed by atoms with van der Waals surface area (Å²) in [5.41, 5.74) is 1.36. The zero-order chi connectivity index (χ0) is 29.7. The number of rotatable bonds is 8. The maximum atomic E-state index is 13.1. The third kappa shape index (κ3) is 7.22. The molecule has 1 aliphatic rings. The molecule has 1 aromatic heterocycles. The van der Waals surface area contributed by atoms with Gasteiger partial charge in [0.2, 0.25) is 5.91 Å². The van der Waals surface area contributed by atoms with Gasteiger partial charge in [0, 0.05) is 54.9 Å². The van der Waals surface area contributed by atoms with Crippen LogP contribution < -0.4 is 16.0 Å². The van der Waals surface area contributed by atoms with E-state index in [9.17, 15) is 27.6 Å². The smallest absolute Gasteiger partial charge is 0.348 e. The fourth-order valence-electron chi connectivity index (χ4n) is 4.59. The number of carbonyl (C=O) groups excluding carboxylic acids is 3. The second kappa shape index (κ2) is 12.7. The molecule has 1 aliphatic heterocycles. The lowest BCUT2D eigenvalue weighted by atomic mass is 10.0. The molecule has 216 valence electrons. The molecule has 2 aromatic carbocycles. The summed E-state index contributed by atoms with van der Waals surface area (Å²) in [7, 11) is 0. The molecule has 0 saturated carbocycles. The molecule has 2 atom stereocenters. The number of aromatic nitrogens is 1. The summed E-state index contributed by atoms with van der Waals surface area (Å²) < 4.78 is 39.4. The molecule has 1 fully saturated rings. The van der Waals surface area contributed by atoms with E-state index in [1.54, 1.807) is 41.4 Å². The molecule has 0 spiro atoms. The minimum Gasteiger partial charge on any atom is -0.348 e. The van der Waals surface area contributed by atoms with Gasteiger partial charge in [-0.25, -0.2) is 0 Å². The maximum Gasteiger partial charge on any atom is 0.417 e. The van der Waals surface area contributed by atoms with Crippen molar-refractivity contribution in [2.75, 3.05) is 25.0 Å². The number of hydrogen-bond donors (Lipinski definition) is 3. The van der Waals surface area contributed by atoms with Gasteiger partial charge in [0.15, 0.2) is 0 Å². The molecule has 1 saturated heterocycles. The first-order valence-corrected chi connectivity index (χ1v) is 13.4. The van der Waals surface area contributed by atoms with Crippen LogP contribution in [0.1, 0.15) is 46.5 Å². The molecule has 0 bridgehead atoms. The zero-order valence-corrected chi connectivity index (χ0v) is 23.1. The lowest BCUT2D eigenvalue weighted by Crippen LogP contribution is -2.36. The molecule has 0 unspecified atom stereocenters. The second-order valence-electron chi connectivity index (χ2n) is 9.57. The van der Waals surface area contributed by atoms with Crippen molar-refractivity contribution < 1.29 is 27.6 Å². The van der Waals surface area contributed by atoms with Gasteiger partial charge in [-0.2, -0.15) is 13.2 Å². The van der Waals surface area contributed by atoms with Crippen molar-refractivity contribution in [1.82, 2.24) is 20.5 Å². The van der Waals surface area contributed by atoms with Gasteiger partial charge < -0.3 is 20.9 Å². The zero-order valence-electron chi connectivity index (χ0n) is 22.4. The summed E-state index contributed by atoms with van der Waals surface area (Å²) in [5, 5.41) is 7.88. The predicted molar refractivity (Wildman–Crippen MR) is 150 cm³/mol. The number of carbonyl (C=O) groups is 3. The van der Waals surface area contributed by atoms with Gasteiger partial charge in [-0.1, -0.05) is 23.7 Å². The van der Waals surface area contributed by atoms with Crippen LogP contribution in [0.2, 0.25) is 5.02 Å². The summed E-state index contributed by atoms with van der Waals surface area (Å²) >= 11 is 5.64. The fourth-order valence-corrected chi connectivity index (χ4v) is 4.81. The fraction of sp³-hybridized carbons (Fsp3) is 0.310. The van der Waals surface area contributed by atoms with Crippen LogP contribution >= 0.6 is 11.6 Å². The SMILES string of the molecule is CCN(CC)C(=O)c1cncc(-c2ccc(C(=O)N[C@H]3CN[C@@H](C(=O)Nc4ccc(Cl)c(C(F)(F)F)c4)C3)cc2)c1. The van der Waals surface area contributed by atoms with Gasteiger partial charge in [0.1, 0.15) is 0 Å². The molecule has 4 rings (SSSR count). The van der Waals surface area contributed by atoms with E-state index in [1.807, 2.05) is 13.8 Å². The summed E-state index contributed by atoms with van der Waals surface area (Å²) in [4.78, 5) is 44.1. The summed E-state index contributed by atoms with van der Waals surface area (Å²) in [6.45, 7) is 5.33. The minimum absolute atomic E-state index is 0.0285. The monoisotopic (exact) mass is 587 g/mol. The number of anilines is 1. The lowest BCUT2D eigenvalue weighted by molar-refractivity contribution is -0.137. The molecule has 0 aliphatic carbocycles. The Labute approximate surface area is 240 Å². The highest BCUT2D eigenvalue weighted by Crippen LogP contribution is 2.36. The highest BCUT2D eigenvalue weighted by Gasteiger charge is 2.34. The van der Waals surface area contributed by atoms with Crippen LogP contribution in [-0.4, -0.2) is 59.3 Å². The first kappa shape index (κ1) is 30.0. The Morgan fingerprint density at radius 2 is 1.71 bits per heavy atom. The predicted octanol–water partition coefficient (Wildman–Crippen LogP) is 5.00. The molecule has 3 amide bonds. The number of nitrogens with zero attached hydrogens (tertiary/aromatic N) is 2. The van der Waals surface area contributed by atoms with Crippen LogP contribution in [0, 0.1) is 0 Å². The Balaban J connectivity index is 1.34. The Morgan fingerprint density at radius 1 is 1.00 bits per heavy atom. The largest absolute Gasteiger partial charge is 0.417 e. The van der Waals surface area contributed by atoms with Crippen LogP contribution in [0.5, 0.6) is 0 Å². The van der Waals surface area contributed by atoms with E-state index in [1.165, 1.54) is 12.3 Å². The Kier molecular flexibility index (Phi) is 9.29. The van der Waals surface area contributed by atoms with E-state index in [0.717, 1.165) is 23.3 Å². The van der Waals surface area contributed by atoms with Gasteiger partial charge >= 0.3 is 6.18 Å². The normalized spacial score (nSPS) is 16.7. The molecular weight excluding hydrogens is 559 g/mol. The number of hydrogen-bond acceptors (Lipinski definition) is 5. The van der Waals surface area contributed by atoms with E-state index in [0.29, 0.717) is 30.8 Å². The van der Waals surface area contributed by atoms with Gasteiger partial charge in [-0.05, 0) is 62.2 Å².